The van der Waals surface area contributed by atoms with E-state index in [9.17, 15) is 4.79 Å². The monoisotopic (exact) mass is 250 g/mol. The highest BCUT2D eigenvalue weighted by molar-refractivity contribution is 5.96. The summed E-state index contributed by atoms with van der Waals surface area (Å²) < 4.78 is 16.1. The Kier molecular flexibility index (Phi) is 4.33. The van der Waals surface area contributed by atoms with Gasteiger partial charge in [-0.1, -0.05) is 12.1 Å². The molecule has 0 N–H and O–H groups in total. The third-order valence-electron chi connectivity index (χ3n) is 2.57. The van der Waals surface area contributed by atoms with E-state index in [4.69, 9.17) is 14.2 Å². The van der Waals surface area contributed by atoms with Crippen LogP contribution < -0.4 is 4.74 Å². The van der Waals surface area contributed by atoms with Crippen molar-refractivity contribution in [1.82, 2.24) is 0 Å². The molecule has 0 radical (unpaired) electrons. The number of rotatable bonds is 5. The average Bonchev–Trinajstić information content (AvgIpc) is 2.81. The molecule has 0 atom stereocenters. The molecule has 0 spiro atoms. The minimum absolute atomic E-state index is 0.0103. The highest BCUT2D eigenvalue weighted by Gasteiger charge is 2.20. The summed E-state index contributed by atoms with van der Waals surface area (Å²) in [4.78, 5) is 12.0. The number of ketones is 1. The maximum Gasteiger partial charge on any atom is 0.168 e. The first-order chi connectivity index (χ1) is 8.65. The molecule has 1 heterocycles. The minimum atomic E-state index is -0.396. The van der Waals surface area contributed by atoms with Crippen molar-refractivity contribution in [2.24, 2.45) is 0 Å². The van der Waals surface area contributed by atoms with Gasteiger partial charge in [0.2, 0.25) is 0 Å². The van der Waals surface area contributed by atoms with Crippen molar-refractivity contribution >= 4 is 5.78 Å². The predicted octanol–water partition coefficient (Wildman–Crippen LogP) is 2.42. The number of hydrogen-bond donors (Lipinski definition) is 0. The van der Waals surface area contributed by atoms with E-state index in [2.05, 4.69) is 0 Å². The number of Topliss-reactive ketones (excluding diaryl/α,β-unsaturated/α-hetero) is 1. The third-order valence-corrected chi connectivity index (χ3v) is 2.57. The number of benzene rings is 1. The van der Waals surface area contributed by atoms with E-state index < -0.39 is 6.29 Å². The maximum atomic E-state index is 12.0. The summed E-state index contributed by atoms with van der Waals surface area (Å²) in [6.07, 6.45) is -0.0467. The lowest BCUT2D eigenvalue weighted by molar-refractivity contribution is -0.0407. The number of carbonyl (C=O) groups excluding carboxylic acids is 1. The normalized spacial score (nSPS) is 16.2. The summed E-state index contributed by atoms with van der Waals surface area (Å²) >= 11 is 0. The Bertz CT molecular complexity index is 408. The van der Waals surface area contributed by atoms with Crippen molar-refractivity contribution in [3.63, 3.8) is 0 Å². The van der Waals surface area contributed by atoms with Gasteiger partial charge in [-0.3, -0.25) is 4.79 Å². The van der Waals surface area contributed by atoms with E-state index >= 15 is 0 Å². The van der Waals surface area contributed by atoms with Crippen molar-refractivity contribution in [2.75, 3.05) is 13.2 Å². The van der Waals surface area contributed by atoms with Crippen LogP contribution in [0.4, 0.5) is 0 Å². The second kappa shape index (κ2) is 5.98. The van der Waals surface area contributed by atoms with Gasteiger partial charge in [0, 0.05) is 5.56 Å². The van der Waals surface area contributed by atoms with E-state index in [0.29, 0.717) is 24.5 Å². The minimum Gasteiger partial charge on any atom is -0.491 e. The molecule has 0 aromatic heterocycles. The van der Waals surface area contributed by atoms with E-state index in [1.54, 1.807) is 12.1 Å². The Hall–Kier alpha value is -1.39. The van der Waals surface area contributed by atoms with Crippen molar-refractivity contribution in [3.05, 3.63) is 29.8 Å². The molecule has 0 amide bonds. The zero-order valence-corrected chi connectivity index (χ0v) is 10.7. The van der Waals surface area contributed by atoms with Crippen LogP contribution in [-0.4, -0.2) is 31.4 Å². The smallest absolute Gasteiger partial charge is 0.168 e. The fraction of sp³-hybridized carbons (Fsp3) is 0.500. The lowest BCUT2D eigenvalue weighted by Crippen LogP contribution is -2.14. The molecule has 0 bridgehead atoms. The van der Waals surface area contributed by atoms with Crippen LogP contribution in [0.15, 0.2) is 24.3 Å². The molecule has 1 aromatic rings. The summed E-state index contributed by atoms with van der Waals surface area (Å²) in [5, 5.41) is 0. The van der Waals surface area contributed by atoms with Crippen molar-refractivity contribution in [2.45, 2.75) is 32.7 Å². The Morgan fingerprint density at radius 2 is 2.11 bits per heavy atom. The van der Waals surface area contributed by atoms with Gasteiger partial charge in [0.1, 0.15) is 5.75 Å². The molecule has 1 saturated heterocycles. The molecule has 1 fully saturated rings. The first kappa shape index (κ1) is 13.1. The van der Waals surface area contributed by atoms with Crippen molar-refractivity contribution < 1.29 is 19.0 Å². The number of ether oxygens (including phenoxy) is 3. The van der Waals surface area contributed by atoms with Crippen molar-refractivity contribution in [1.29, 1.82) is 0 Å². The van der Waals surface area contributed by atoms with E-state index in [0.717, 1.165) is 0 Å². The SMILES string of the molecule is CC(C)Oc1cccc(C(=O)CC2OCCO2)c1. The molecule has 18 heavy (non-hydrogen) atoms. The summed E-state index contributed by atoms with van der Waals surface area (Å²) in [6, 6.07) is 7.21. The second-order valence-corrected chi connectivity index (χ2v) is 4.49. The summed E-state index contributed by atoms with van der Waals surface area (Å²) in [5.41, 5.74) is 0.632. The molecule has 1 aliphatic rings. The number of carbonyl (C=O) groups is 1. The summed E-state index contributed by atoms with van der Waals surface area (Å²) in [5.74, 6) is 0.722. The van der Waals surface area contributed by atoms with E-state index in [1.807, 2.05) is 26.0 Å². The fourth-order valence-corrected chi connectivity index (χ4v) is 1.81. The summed E-state index contributed by atoms with van der Waals surface area (Å²) in [7, 11) is 0. The number of hydrogen-bond acceptors (Lipinski definition) is 4. The largest absolute Gasteiger partial charge is 0.491 e. The van der Waals surface area contributed by atoms with Crippen LogP contribution in [0.3, 0.4) is 0 Å². The Morgan fingerprint density at radius 1 is 1.39 bits per heavy atom. The molecule has 1 aromatic carbocycles. The average molecular weight is 250 g/mol. The van der Waals surface area contributed by atoms with Gasteiger partial charge in [0.15, 0.2) is 12.1 Å². The Labute approximate surface area is 107 Å². The molecule has 0 aliphatic carbocycles. The van der Waals surface area contributed by atoms with Crippen LogP contribution in [0.2, 0.25) is 0 Å². The van der Waals surface area contributed by atoms with Gasteiger partial charge in [-0.15, -0.1) is 0 Å². The summed E-state index contributed by atoms with van der Waals surface area (Å²) in [6.45, 7) is 5.03. The first-order valence-corrected chi connectivity index (χ1v) is 6.18. The van der Waals surface area contributed by atoms with Crippen LogP contribution in [0.25, 0.3) is 0 Å². The van der Waals surface area contributed by atoms with Gasteiger partial charge in [-0.05, 0) is 26.0 Å². The molecular formula is C14H18O4. The maximum absolute atomic E-state index is 12.0. The predicted molar refractivity (Wildman–Crippen MR) is 66.8 cm³/mol. The molecule has 4 nitrogen and oxygen atoms in total. The Balaban J connectivity index is 2.00. The van der Waals surface area contributed by atoms with Crippen LogP contribution in [-0.2, 0) is 9.47 Å². The van der Waals surface area contributed by atoms with Gasteiger partial charge in [0.25, 0.3) is 0 Å². The lowest BCUT2D eigenvalue weighted by atomic mass is 10.1. The zero-order chi connectivity index (χ0) is 13.0. The molecule has 2 rings (SSSR count). The van der Waals surface area contributed by atoms with Gasteiger partial charge in [-0.2, -0.15) is 0 Å². The highest BCUT2D eigenvalue weighted by atomic mass is 16.7. The molecule has 0 saturated carbocycles. The molecular weight excluding hydrogens is 232 g/mol. The van der Waals surface area contributed by atoms with Gasteiger partial charge in [0.05, 0.1) is 25.7 Å². The highest BCUT2D eigenvalue weighted by Crippen LogP contribution is 2.18. The van der Waals surface area contributed by atoms with Gasteiger partial charge < -0.3 is 14.2 Å². The van der Waals surface area contributed by atoms with E-state index in [-0.39, 0.29) is 18.3 Å². The van der Waals surface area contributed by atoms with Gasteiger partial charge >= 0.3 is 0 Å². The molecule has 98 valence electrons. The topological polar surface area (TPSA) is 44.8 Å². The lowest BCUT2D eigenvalue weighted by Gasteiger charge is -2.11. The van der Waals surface area contributed by atoms with Gasteiger partial charge in [-0.25, -0.2) is 0 Å². The van der Waals surface area contributed by atoms with Crippen LogP contribution in [0.1, 0.15) is 30.6 Å². The second-order valence-electron chi connectivity index (χ2n) is 4.49. The Morgan fingerprint density at radius 3 is 2.78 bits per heavy atom. The van der Waals surface area contributed by atoms with Crippen LogP contribution in [0.5, 0.6) is 5.75 Å². The third kappa shape index (κ3) is 3.55. The van der Waals surface area contributed by atoms with Crippen molar-refractivity contribution in [3.8, 4) is 5.75 Å². The van der Waals surface area contributed by atoms with Crippen LogP contribution in [0, 0.1) is 0 Å². The first-order valence-electron chi connectivity index (χ1n) is 6.18. The zero-order valence-electron chi connectivity index (χ0n) is 10.7. The molecule has 0 unspecified atom stereocenters. The van der Waals surface area contributed by atoms with Crippen LogP contribution >= 0.6 is 0 Å². The standard InChI is InChI=1S/C14H18O4/c1-10(2)18-12-5-3-4-11(8-12)13(15)9-14-16-6-7-17-14/h3-5,8,10,14H,6-7,9H2,1-2H3. The molecule has 1 aliphatic heterocycles. The molecule has 4 heteroatoms. The van der Waals surface area contributed by atoms with E-state index in [1.165, 1.54) is 0 Å². The quantitative estimate of drug-likeness (QED) is 0.753. The fourth-order valence-electron chi connectivity index (χ4n) is 1.81.